The summed E-state index contributed by atoms with van der Waals surface area (Å²) in [6.07, 6.45) is 4.20. The Bertz CT molecular complexity index is 884. The molecule has 0 aromatic heterocycles. The van der Waals surface area contributed by atoms with Crippen molar-refractivity contribution in [3.63, 3.8) is 0 Å². The van der Waals surface area contributed by atoms with Crippen LogP contribution < -0.4 is 10.1 Å². The van der Waals surface area contributed by atoms with Crippen molar-refractivity contribution in [1.29, 1.82) is 0 Å². The molecular formula is C23H26Cl2N2O3. The molecule has 0 radical (unpaired) electrons. The lowest BCUT2D eigenvalue weighted by atomic mass is 10.1. The van der Waals surface area contributed by atoms with Crippen LogP contribution in [0.2, 0.25) is 10.0 Å². The first kappa shape index (κ1) is 22.4. The van der Waals surface area contributed by atoms with Crippen LogP contribution in [-0.4, -0.2) is 35.4 Å². The molecule has 1 aliphatic rings. The van der Waals surface area contributed by atoms with E-state index in [-0.39, 0.29) is 31.0 Å². The highest BCUT2D eigenvalue weighted by Crippen LogP contribution is 2.21. The van der Waals surface area contributed by atoms with E-state index >= 15 is 0 Å². The van der Waals surface area contributed by atoms with Gasteiger partial charge >= 0.3 is 0 Å². The van der Waals surface area contributed by atoms with Gasteiger partial charge in [0.15, 0.2) is 6.61 Å². The van der Waals surface area contributed by atoms with Crippen LogP contribution in [0.4, 0.5) is 0 Å². The van der Waals surface area contributed by atoms with E-state index in [1.54, 1.807) is 37.3 Å². The fourth-order valence-electron chi connectivity index (χ4n) is 3.57. The average Bonchev–Trinajstić information content (AvgIpc) is 3.24. The monoisotopic (exact) mass is 448 g/mol. The Morgan fingerprint density at radius 1 is 1.13 bits per heavy atom. The average molecular weight is 449 g/mol. The topological polar surface area (TPSA) is 58.6 Å². The first-order chi connectivity index (χ1) is 14.4. The van der Waals surface area contributed by atoms with E-state index in [9.17, 15) is 9.59 Å². The van der Waals surface area contributed by atoms with E-state index in [0.717, 1.165) is 31.2 Å². The van der Waals surface area contributed by atoms with Gasteiger partial charge in [0.05, 0.1) is 0 Å². The summed E-state index contributed by atoms with van der Waals surface area (Å²) >= 11 is 12.3. The zero-order valence-electron chi connectivity index (χ0n) is 16.9. The molecule has 160 valence electrons. The summed E-state index contributed by atoms with van der Waals surface area (Å²) in [5.74, 6) is 0.0330. The van der Waals surface area contributed by atoms with E-state index in [2.05, 4.69) is 5.32 Å². The fourth-order valence-corrected chi connectivity index (χ4v) is 3.95. The molecule has 2 amide bonds. The standard InChI is InChI=1S/C23H26Cl2N2O3/c1-16(23(29)26-19-9-3-4-10-19)27(14-17-7-2-5-12-21(17)25)22(28)15-30-20-11-6-8-18(24)13-20/h2,5-8,11-13,16,19H,3-4,9-10,14-15H2,1H3,(H,26,29)/t16-/m0/s1. The number of hydrogen-bond acceptors (Lipinski definition) is 3. The number of nitrogens with one attached hydrogen (secondary N) is 1. The lowest BCUT2D eigenvalue weighted by Crippen LogP contribution is -2.50. The number of benzene rings is 2. The van der Waals surface area contributed by atoms with E-state index in [1.165, 1.54) is 4.90 Å². The molecule has 1 atom stereocenters. The quantitative estimate of drug-likeness (QED) is 0.627. The minimum Gasteiger partial charge on any atom is -0.484 e. The first-order valence-corrected chi connectivity index (χ1v) is 10.9. The molecule has 7 heteroatoms. The minimum absolute atomic E-state index is 0.162. The summed E-state index contributed by atoms with van der Waals surface area (Å²) in [5.41, 5.74) is 0.774. The summed E-state index contributed by atoms with van der Waals surface area (Å²) in [7, 11) is 0. The van der Waals surface area contributed by atoms with Crippen LogP contribution in [-0.2, 0) is 16.1 Å². The zero-order valence-corrected chi connectivity index (χ0v) is 18.5. The van der Waals surface area contributed by atoms with Crippen molar-refractivity contribution in [2.75, 3.05) is 6.61 Å². The van der Waals surface area contributed by atoms with E-state index in [0.29, 0.717) is 15.8 Å². The van der Waals surface area contributed by atoms with Gasteiger partial charge in [0.1, 0.15) is 11.8 Å². The second-order valence-electron chi connectivity index (χ2n) is 7.53. The van der Waals surface area contributed by atoms with Gasteiger partial charge in [0.2, 0.25) is 5.91 Å². The van der Waals surface area contributed by atoms with Gasteiger partial charge in [-0.25, -0.2) is 0 Å². The molecule has 30 heavy (non-hydrogen) atoms. The van der Waals surface area contributed by atoms with Crippen LogP contribution in [0.5, 0.6) is 5.75 Å². The largest absolute Gasteiger partial charge is 0.484 e. The second-order valence-corrected chi connectivity index (χ2v) is 8.37. The normalized spacial score (nSPS) is 14.9. The number of amides is 2. The first-order valence-electron chi connectivity index (χ1n) is 10.2. The Balaban J connectivity index is 1.72. The molecule has 1 N–H and O–H groups in total. The summed E-state index contributed by atoms with van der Waals surface area (Å²) < 4.78 is 5.62. The molecule has 1 fully saturated rings. The molecular weight excluding hydrogens is 423 g/mol. The van der Waals surface area contributed by atoms with Crippen LogP contribution in [0.25, 0.3) is 0 Å². The molecule has 1 aliphatic carbocycles. The summed E-state index contributed by atoms with van der Waals surface area (Å²) in [4.78, 5) is 27.4. The van der Waals surface area contributed by atoms with Gasteiger partial charge in [0.25, 0.3) is 5.91 Å². The molecule has 1 saturated carbocycles. The van der Waals surface area contributed by atoms with Crippen LogP contribution in [0.1, 0.15) is 38.2 Å². The van der Waals surface area contributed by atoms with Gasteiger partial charge in [-0.3, -0.25) is 9.59 Å². The van der Waals surface area contributed by atoms with Crippen LogP contribution in [0, 0.1) is 0 Å². The third-order valence-corrected chi connectivity index (χ3v) is 5.93. The van der Waals surface area contributed by atoms with Crippen LogP contribution in [0.15, 0.2) is 48.5 Å². The maximum Gasteiger partial charge on any atom is 0.261 e. The fraction of sp³-hybridized carbons (Fsp3) is 0.391. The number of carbonyl (C=O) groups excluding carboxylic acids is 2. The number of rotatable bonds is 8. The van der Waals surface area contributed by atoms with Gasteiger partial charge in [-0.05, 0) is 49.6 Å². The van der Waals surface area contributed by atoms with E-state index < -0.39 is 6.04 Å². The predicted molar refractivity (Wildman–Crippen MR) is 119 cm³/mol. The molecule has 0 heterocycles. The number of carbonyl (C=O) groups is 2. The highest BCUT2D eigenvalue weighted by Gasteiger charge is 2.29. The predicted octanol–water partition coefficient (Wildman–Crippen LogP) is 4.85. The highest BCUT2D eigenvalue weighted by molar-refractivity contribution is 6.31. The van der Waals surface area contributed by atoms with Gasteiger partial charge in [-0.1, -0.05) is 60.3 Å². The lowest BCUT2D eigenvalue weighted by Gasteiger charge is -2.30. The Labute approximate surface area is 187 Å². The number of halogens is 2. The Kier molecular flexibility index (Phi) is 8.00. The molecule has 0 aliphatic heterocycles. The Hall–Kier alpha value is -2.24. The van der Waals surface area contributed by atoms with Crippen molar-refractivity contribution < 1.29 is 14.3 Å². The van der Waals surface area contributed by atoms with Crippen molar-refractivity contribution >= 4 is 35.0 Å². The van der Waals surface area contributed by atoms with Gasteiger partial charge in [-0.2, -0.15) is 0 Å². The van der Waals surface area contributed by atoms with Crippen molar-refractivity contribution in [1.82, 2.24) is 10.2 Å². The Morgan fingerprint density at radius 3 is 2.57 bits per heavy atom. The third kappa shape index (κ3) is 6.13. The summed E-state index contributed by atoms with van der Waals surface area (Å²) in [6.45, 7) is 1.75. The molecule has 3 rings (SSSR count). The zero-order chi connectivity index (χ0) is 21.5. The van der Waals surface area contributed by atoms with Gasteiger partial charge in [-0.15, -0.1) is 0 Å². The van der Waals surface area contributed by atoms with Crippen molar-refractivity contribution in [2.24, 2.45) is 0 Å². The molecule has 0 spiro atoms. The molecule has 2 aromatic rings. The van der Waals surface area contributed by atoms with Gasteiger partial charge < -0.3 is 15.0 Å². The molecule has 5 nitrogen and oxygen atoms in total. The number of ether oxygens (including phenoxy) is 1. The minimum atomic E-state index is -0.655. The molecule has 0 saturated heterocycles. The summed E-state index contributed by atoms with van der Waals surface area (Å²) in [5, 5.41) is 4.15. The molecule has 0 unspecified atom stereocenters. The number of nitrogens with zero attached hydrogens (tertiary/aromatic N) is 1. The van der Waals surface area contributed by atoms with Gasteiger partial charge in [0, 0.05) is 22.6 Å². The molecule has 2 aromatic carbocycles. The summed E-state index contributed by atoms with van der Waals surface area (Å²) in [6, 6.07) is 13.7. The maximum absolute atomic E-state index is 13.0. The van der Waals surface area contributed by atoms with Crippen molar-refractivity contribution in [2.45, 2.75) is 51.2 Å². The lowest BCUT2D eigenvalue weighted by molar-refractivity contribution is -0.142. The SMILES string of the molecule is C[C@@H](C(=O)NC1CCCC1)N(Cc1ccccc1Cl)C(=O)COc1cccc(Cl)c1. The second kappa shape index (κ2) is 10.7. The van der Waals surface area contributed by atoms with E-state index in [4.69, 9.17) is 27.9 Å². The third-order valence-electron chi connectivity index (χ3n) is 5.33. The van der Waals surface area contributed by atoms with Crippen molar-refractivity contribution in [3.8, 4) is 5.75 Å². The van der Waals surface area contributed by atoms with Crippen molar-refractivity contribution in [3.05, 3.63) is 64.1 Å². The number of hydrogen-bond donors (Lipinski definition) is 1. The van der Waals surface area contributed by atoms with Crippen LogP contribution in [0.3, 0.4) is 0 Å². The van der Waals surface area contributed by atoms with E-state index in [1.807, 2.05) is 18.2 Å². The molecule has 0 bridgehead atoms. The van der Waals surface area contributed by atoms with Crippen LogP contribution >= 0.6 is 23.2 Å². The Morgan fingerprint density at radius 2 is 1.87 bits per heavy atom. The smallest absolute Gasteiger partial charge is 0.261 e. The maximum atomic E-state index is 13.0. The highest BCUT2D eigenvalue weighted by atomic mass is 35.5.